The van der Waals surface area contributed by atoms with Gasteiger partial charge >= 0.3 is 12.1 Å². The number of benzene rings is 2. The minimum Gasteiger partial charge on any atom is -0.480 e. The largest absolute Gasteiger partial charge is 0.480 e. The average Bonchev–Trinajstić information content (AvgIpc) is 2.76. The van der Waals surface area contributed by atoms with Gasteiger partial charge < -0.3 is 20.5 Å². The van der Waals surface area contributed by atoms with Crippen LogP contribution in [-0.4, -0.2) is 40.9 Å². The maximum Gasteiger partial charge on any atom is 0.408 e. The summed E-state index contributed by atoms with van der Waals surface area (Å²) in [6.07, 6.45) is -0.735. The molecule has 0 bridgehead atoms. The second-order valence-corrected chi connectivity index (χ2v) is 8.36. The van der Waals surface area contributed by atoms with Crippen molar-refractivity contribution in [2.24, 2.45) is 5.92 Å². The van der Waals surface area contributed by atoms with Crippen molar-refractivity contribution in [1.82, 2.24) is 10.6 Å². The van der Waals surface area contributed by atoms with Crippen LogP contribution in [0.4, 0.5) is 4.79 Å². The first-order chi connectivity index (χ1) is 14.9. The van der Waals surface area contributed by atoms with E-state index in [-0.39, 0.29) is 18.3 Å². The average molecular weight is 445 g/mol. The summed E-state index contributed by atoms with van der Waals surface area (Å²) in [6, 6.07) is 16.9. The number of ether oxygens (including phenoxy) is 1. The summed E-state index contributed by atoms with van der Waals surface area (Å²) in [5, 5.41) is 14.5. The van der Waals surface area contributed by atoms with E-state index in [0.717, 1.165) is 11.1 Å². The third-order valence-electron chi connectivity index (χ3n) is 4.45. The van der Waals surface area contributed by atoms with Crippen molar-refractivity contribution in [2.45, 2.75) is 38.3 Å². The summed E-state index contributed by atoms with van der Waals surface area (Å²) < 4.78 is 5.22. The van der Waals surface area contributed by atoms with Gasteiger partial charge in [0.25, 0.3) is 0 Å². The highest BCUT2D eigenvalue weighted by Crippen LogP contribution is 2.14. The molecule has 0 radical (unpaired) electrons. The smallest absolute Gasteiger partial charge is 0.408 e. The number of rotatable bonds is 11. The molecule has 0 saturated carbocycles. The number of hydrogen-bond acceptors (Lipinski definition) is 5. The minimum absolute atomic E-state index is 0.0713. The fourth-order valence-electron chi connectivity index (χ4n) is 2.73. The highest BCUT2D eigenvalue weighted by Gasteiger charge is 2.28. The van der Waals surface area contributed by atoms with E-state index in [1.807, 2.05) is 60.7 Å². The Hall–Kier alpha value is -3.00. The Morgan fingerprint density at radius 3 is 2.06 bits per heavy atom. The van der Waals surface area contributed by atoms with Crippen molar-refractivity contribution in [1.29, 1.82) is 0 Å². The van der Waals surface area contributed by atoms with Crippen LogP contribution in [0, 0.1) is 5.92 Å². The van der Waals surface area contributed by atoms with Gasteiger partial charge in [-0.25, -0.2) is 9.59 Å². The van der Waals surface area contributed by atoms with Gasteiger partial charge in [0.1, 0.15) is 18.7 Å². The lowest BCUT2D eigenvalue weighted by atomic mass is 10.0. The van der Waals surface area contributed by atoms with Gasteiger partial charge in [-0.3, -0.25) is 4.79 Å². The fourth-order valence-corrected chi connectivity index (χ4v) is 3.74. The lowest BCUT2D eigenvalue weighted by Crippen LogP contribution is -2.54. The van der Waals surface area contributed by atoms with Crippen LogP contribution in [0.15, 0.2) is 60.7 Å². The molecule has 8 heteroatoms. The monoisotopic (exact) mass is 444 g/mol. The predicted octanol–water partition coefficient (Wildman–Crippen LogP) is 3.44. The van der Waals surface area contributed by atoms with Crippen molar-refractivity contribution < 1.29 is 24.2 Å². The maximum atomic E-state index is 12.8. The van der Waals surface area contributed by atoms with Crippen LogP contribution in [0.5, 0.6) is 0 Å². The maximum absolute atomic E-state index is 12.8. The first-order valence-corrected chi connectivity index (χ1v) is 11.1. The number of nitrogens with one attached hydrogen (secondary N) is 2. The molecule has 0 aliphatic heterocycles. The van der Waals surface area contributed by atoms with Gasteiger partial charge in [0, 0.05) is 11.5 Å². The third-order valence-corrected chi connectivity index (χ3v) is 5.55. The number of amides is 2. The van der Waals surface area contributed by atoms with Crippen LogP contribution in [0.1, 0.15) is 25.0 Å². The van der Waals surface area contributed by atoms with Crippen molar-refractivity contribution in [3.63, 3.8) is 0 Å². The molecule has 0 spiro atoms. The first-order valence-electron chi connectivity index (χ1n) is 9.99. The lowest BCUT2D eigenvalue weighted by molar-refractivity contribution is -0.143. The van der Waals surface area contributed by atoms with Crippen LogP contribution < -0.4 is 10.6 Å². The molecular weight excluding hydrogens is 416 g/mol. The molecule has 3 N–H and O–H groups in total. The van der Waals surface area contributed by atoms with E-state index in [4.69, 9.17) is 4.74 Å². The topological polar surface area (TPSA) is 105 Å². The van der Waals surface area contributed by atoms with Gasteiger partial charge in [0.05, 0.1) is 0 Å². The number of carboxylic acid groups (broad SMARTS) is 1. The number of carbonyl (C=O) groups is 3. The zero-order chi connectivity index (χ0) is 22.6. The Labute approximate surface area is 186 Å². The fraction of sp³-hybridized carbons (Fsp3) is 0.348. The number of alkyl carbamates (subject to hydrolysis) is 1. The molecule has 2 aromatic rings. The third kappa shape index (κ3) is 8.72. The summed E-state index contributed by atoms with van der Waals surface area (Å²) in [7, 11) is 0. The van der Waals surface area contributed by atoms with E-state index in [0.29, 0.717) is 5.75 Å². The number of aliphatic carboxylic acids is 1. The van der Waals surface area contributed by atoms with E-state index in [1.54, 1.807) is 13.8 Å². The van der Waals surface area contributed by atoms with Crippen LogP contribution >= 0.6 is 11.8 Å². The van der Waals surface area contributed by atoms with E-state index in [2.05, 4.69) is 10.6 Å². The summed E-state index contributed by atoms with van der Waals surface area (Å²) in [5.74, 6) is -1.06. The molecule has 7 nitrogen and oxygen atoms in total. The van der Waals surface area contributed by atoms with E-state index < -0.39 is 30.1 Å². The van der Waals surface area contributed by atoms with Crippen LogP contribution in [0.25, 0.3) is 0 Å². The first kappa shape index (κ1) is 24.3. The molecule has 2 amide bonds. The summed E-state index contributed by atoms with van der Waals surface area (Å²) in [6.45, 7) is 3.49. The van der Waals surface area contributed by atoms with Gasteiger partial charge in [-0.1, -0.05) is 74.5 Å². The van der Waals surface area contributed by atoms with E-state index in [1.165, 1.54) is 11.8 Å². The SMILES string of the molecule is CC(C)C(NC(=O)C(CSCc1ccccc1)NC(=O)OCc1ccccc1)C(=O)O. The lowest BCUT2D eigenvalue weighted by Gasteiger charge is -2.23. The van der Waals surface area contributed by atoms with Gasteiger partial charge in [-0.05, 0) is 17.0 Å². The zero-order valence-corrected chi connectivity index (χ0v) is 18.4. The second kappa shape index (κ2) is 12.6. The summed E-state index contributed by atoms with van der Waals surface area (Å²) in [4.78, 5) is 36.5. The van der Waals surface area contributed by atoms with Crippen molar-refractivity contribution in [3.8, 4) is 0 Å². The molecule has 0 aliphatic rings. The zero-order valence-electron chi connectivity index (χ0n) is 17.6. The molecule has 0 aromatic heterocycles. The van der Waals surface area contributed by atoms with Crippen molar-refractivity contribution in [2.75, 3.05) is 5.75 Å². The highest BCUT2D eigenvalue weighted by atomic mass is 32.2. The number of hydrogen-bond donors (Lipinski definition) is 3. The van der Waals surface area contributed by atoms with Crippen LogP contribution in [0.3, 0.4) is 0 Å². The molecule has 2 atom stereocenters. The van der Waals surface area contributed by atoms with Crippen LogP contribution in [0.2, 0.25) is 0 Å². The Balaban J connectivity index is 1.98. The molecule has 0 heterocycles. The van der Waals surface area contributed by atoms with Gasteiger partial charge in [-0.2, -0.15) is 11.8 Å². The molecule has 2 rings (SSSR count). The number of thioether (sulfide) groups is 1. The molecule has 0 fully saturated rings. The second-order valence-electron chi connectivity index (χ2n) is 7.33. The van der Waals surface area contributed by atoms with Crippen molar-refractivity contribution in [3.05, 3.63) is 71.8 Å². The molecule has 166 valence electrons. The standard InChI is InChI=1S/C23H28N2O5S/c1-16(2)20(22(27)28)25-21(26)19(15-31-14-18-11-7-4-8-12-18)24-23(29)30-13-17-9-5-3-6-10-17/h3-12,16,19-20H,13-15H2,1-2H3,(H,24,29)(H,25,26)(H,27,28). The Morgan fingerprint density at radius 2 is 1.52 bits per heavy atom. The van der Waals surface area contributed by atoms with Gasteiger partial charge in [-0.15, -0.1) is 0 Å². The molecule has 0 saturated heterocycles. The normalized spacial score (nSPS) is 12.6. The Bertz CT molecular complexity index is 846. The minimum atomic E-state index is -1.12. The van der Waals surface area contributed by atoms with Crippen LogP contribution in [-0.2, 0) is 26.7 Å². The summed E-state index contributed by atoms with van der Waals surface area (Å²) in [5.41, 5.74) is 1.91. The predicted molar refractivity (Wildman–Crippen MR) is 121 cm³/mol. The molecular formula is C23H28N2O5S. The quantitative estimate of drug-likeness (QED) is 0.490. The number of carboxylic acids is 1. The Kier molecular flexibility index (Phi) is 9.90. The highest BCUT2D eigenvalue weighted by molar-refractivity contribution is 7.98. The molecule has 31 heavy (non-hydrogen) atoms. The van der Waals surface area contributed by atoms with E-state index in [9.17, 15) is 19.5 Å². The summed E-state index contributed by atoms with van der Waals surface area (Å²) >= 11 is 1.46. The van der Waals surface area contributed by atoms with Crippen molar-refractivity contribution >= 4 is 29.7 Å². The molecule has 2 unspecified atom stereocenters. The molecule has 0 aliphatic carbocycles. The van der Waals surface area contributed by atoms with Gasteiger partial charge in [0.2, 0.25) is 5.91 Å². The molecule has 2 aromatic carbocycles. The Morgan fingerprint density at radius 1 is 0.935 bits per heavy atom. The number of carbonyl (C=O) groups excluding carboxylic acids is 2. The van der Waals surface area contributed by atoms with E-state index >= 15 is 0 Å². The van der Waals surface area contributed by atoms with Gasteiger partial charge in [0.15, 0.2) is 0 Å².